The van der Waals surface area contributed by atoms with Gasteiger partial charge in [0.2, 0.25) is 5.91 Å². The molecular formula is C20H18N2O3S. The summed E-state index contributed by atoms with van der Waals surface area (Å²) in [4.78, 5) is 12.9. The van der Waals surface area contributed by atoms with Crippen LogP contribution in [0.3, 0.4) is 0 Å². The van der Waals surface area contributed by atoms with Crippen LogP contribution in [0.5, 0.6) is 0 Å². The Balaban J connectivity index is 1.69. The molecule has 3 aromatic rings. The second-order valence-corrected chi connectivity index (χ2v) is 8.29. The van der Waals surface area contributed by atoms with E-state index < -0.39 is 10.0 Å². The fourth-order valence-electron chi connectivity index (χ4n) is 3.45. The molecule has 4 rings (SSSR count). The number of nitrogens with zero attached hydrogens (tertiary/aromatic N) is 1. The highest BCUT2D eigenvalue weighted by Gasteiger charge is 2.36. The molecule has 6 heteroatoms. The molecule has 0 saturated heterocycles. The number of rotatable bonds is 3. The lowest BCUT2D eigenvalue weighted by Gasteiger charge is -2.19. The number of nitrogens with one attached hydrogen (secondary N) is 1. The van der Waals surface area contributed by atoms with Gasteiger partial charge in [-0.15, -0.1) is 0 Å². The Kier molecular flexibility index (Phi) is 3.73. The second kappa shape index (κ2) is 5.85. The van der Waals surface area contributed by atoms with Crippen molar-refractivity contribution in [1.29, 1.82) is 0 Å². The summed E-state index contributed by atoms with van der Waals surface area (Å²) in [5.41, 5.74) is 3.15. The Morgan fingerprint density at radius 1 is 0.962 bits per heavy atom. The van der Waals surface area contributed by atoms with Gasteiger partial charge in [0, 0.05) is 11.1 Å². The summed E-state index contributed by atoms with van der Waals surface area (Å²) >= 11 is 0. The van der Waals surface area contributed by atoms with E-state index in [4.69, 9.17) is 0 Å². The number of hydrogen-bond donors (Lipinski definition) is 1. The number of sulfonamides is 1. The van der Waals surface area contributed by atoms with Gasteiger partial charge < -0.3 is 5.32 Å². The van der Waals surface area contributed by atoms with Crippen LogP contribution in [0.15, 0.2) is 59.5 Å². The van der Waals surface area contributed by atoms with E-state index in [9.17, 15) is 13.2 Å². The topological polar surface area (TPSA) is 66.5 Å². The van der Waals surface area contributed by atoms with Gasteiger partial charge in [-0.25, -0.2) is 8.42 Å². The van der Waals surface area contributed by atoms with Crippen molar-refractivity contribution in [3.8, 4) is 0 Å². The second-order valence-electron chi connectivity index (χ2n) is 6.46. The van der Waals surface area contributed by atoms with Crippen LogP contribution in [0, 0.1) is 13.8 Å². The summed E-state index contributed by atoms with van der Waals surface area (Å²) in [5.74, 6) is -0.365. The normalized spacial score (nSPS) is 14.6. The number of carbonyl (C=O) groups is 1. The maximum absolute atomic E-state index is 12.9. The third-order valence-electron chi connectivity index (χ3n) is 4.71. The Labute approximate surface area is 152 Å². The average molecular weight is 366 g/mol. The Morgan fingerprint density at radius 3 is 2.27 bits per heavy atom. The summed E-state index contributed by atoms with van der Waals surface area (Å²) in [7, 11) is -3.73. The molecule has 132 valence electrons. The molecule has 0 atom stereocenters. The Morgan fingerprint density at radius 2 is 1.58 bits per heavy atom. The lowest BCUT2D eigenvalue weighted by Crippen LogP contribution is -2.35. The maximum Gasteiger partial charge on any atom is 0.265 e. The molecule has 1 amide bonds. The first-order valence-electron chi connectivity index (χ1n) is 8.30. The van der Waals surface area contributed by atoms with E-state index in [1.54, 1.807) is 24.3 Å². The van der Waals surface area contributed by atoms with Gasteiger partial charge in [-0.2, -0.15) is 0 Å². The van der Waals surface area contributed by atoms with E-state index in [0.29, 0.717) is 11.1 Å². The minimum absolute atomic E-state index is 0.255. The lowest BCUT2D eigenvalue weighted by atomic mass is 10.1. The molecule has 0 spiro atoms. The molecular weight excluding hydrogens is 348 g/mol. The van der Waals surface area contributed by atoms with Crippen LogP contribution in [0.1, 0.15) is 11.1 Å². The zero-order valence-electron chi connectivity index (χ0n) is 14.5. The van der Waals surface area contributed by atoms with Gasteiger partial charge in [0.1, 0.15) is 6.54 Å². The number of aryl methyl sites for hydroxylation is 2. The van der Waals surface area contributed by atoms with Crippen molar-refractivity contribution in [2.24, 2.45) is 0 Å². The molecule has 0 aliphatic carbocycles. The van der Waals surface area contributed by atoms with Crippen LogP contribution in [0.2, 0.25) is 0 Å². The monoisotopic (exact) mass is 366 g/mol. The van der Waals surface area contributed by atoms with E-state index >= 15 is 0 Å². The molecule has 1 aliphatic heterocycles. The minimum atomic E-state index is -3.73. The predicted octanol–water partition coefficient (Wildman–Crippen LogP) is 3.60. The largest absolute Gasteiger partial charge is 0.324 e. The van der Waals surface area contributed by atoms with Crippen LogP contribution in [0.25, 0.3) is 10.8 Å². The zero-order valence-corrected chi connectivity index (χ0v) is 15.3. The smallest absolute Gasteiger partial charge is 0.265 e. The number of carbonyl (C=O) groups excluding carboxylic acids is 1. The van der Waals surface area contributed by atoms with Crippen LogP contribution in [-0.2, 0) is 14.8 Å². The van der Waals surface area contributed by atoms with Crippen molar-refractivity contribution in [3.63, 3.8) is 0 Å². The third kappa shape index (κ3) is 2.45. The predicted molar refractivity (Wildman–Crippen MR) is 103 cm³/mol. The fraction of sp³-hybridized carbons (Fsp3) is 0.150. The summed E-state index contributed by atoms with van der Waals surface area (Å²) in [5, 5.41) is 4.38. The highest BCUT2D eigenvalue weighted by Crippen LogP contribution is 2.41. The van der Waals surface area contributed by atoms with Crippen LogP contribution < -0.4 is 9.62 Å². The van der Waals surface area contributed by atoms with Crippen molar-refractivity contribution in [3.05, 3.63) is 65.7 Å². The SMILES string of the molecule is Cc1cccc(C)c1NC(=O)CN1c2cccc3cccc(c23)S1(=O)=O. The van der Waals surface area contributed by atoms with Crippen molar-refractivity contribution >= 4 is 38.1 Å². The van der Waals surface area contributed by atoms with E-state index in [-0.39, 0.29) is 17.3 Å². The molecule has 0 fully saturated rings. The van der Waals surface area contributed by atoms with Crippen LogP contribution in [0.4, 0.5) is 11.4 Å². The molecule has 0 saturated carbocycles. The molecule has 1 aliphatic rings. The van der Waals surface area contributed by atoms with Crippen molar-refractivity contribution in [1.82, 2.24) is 0 Å². The van der Waals surface area contributed by atoms with Gasteiger partial charge in [-0.3, -0.25) is 9.10 Å². The van der Waals surface area contributed by atoms with Gasteiger partial charge in [0.25, 0.3) is 10.0 Å². The van der Waals surface area contributed by atoms with Crippen LogP contribution in [-0.4, -0.2) is 20.9 Å². The molecule has 0 aromatic heterocycles. The van der Waals surface area contributed by atoms with Crippen molar-refractivity contribution in [2.45, 2.75) is 18.7 Å². The highest BCUT2D eigenvalue weighted by molar-refractivity contribution is 7.93. The molecule has 3 aromatic carbocycles. The standard InChI is InChI=1S/C20H18N2O3S/c1-13-6-3-7-14(2)20(13)21-18(23)12-22-16-10-4-8-15-9-5-11-17(19(15)16)26(22,24)25/h3-11H,12H2,1-2H3,(H,21,23). The summed E-state index contributed by atoms with van der Waals surface area (Å²) in [6.45, 7) is 3.56. The molecule has 1 heterocycles. The zero-order chi connectivity index (χ0) is 18.5. The molecule has 0 unspecified atom stereocenters. The van der Waals surface area contributed by atoms with Gasteiger partial charge in [0.15, 0.2) is 0 Å². The first-order valence-corrected chi connectivity index (χ1v) is 9.74. The van der Waals surface area contributed by atoms with Crippen LogP contribution >= 0.6 is 0 Å². The molecule has 0 bridgehead atoms. The van der Waals surface area contributed by atoms with E-state index in [2.05, 4.69) is 5.32 Å². The molecule has 1 N–H and O–H groups in total. The Hall–Kier alpha value is -2.86. The third-order valence-corrected chi connectivity index (χ3v) is 6.52. The summed E-state index contributed by atoms with van der Waals surface area (Å²) in [6.07, 6.45) is 0. The van der Waals surface area contributed by atoms with Gasteiger partial charge in [0.05, 0.1) is 10.6 Å². The summed E-state index contributed by atoms with van der Waals surface area (Å²) in [6, 6.07) is 16.3. The van der Waals surface area contributed by atoms with Gasteiger partial charge >= 0.3 is 0 Å². The van der Waals surface area contributed by atoms with Crippen molar-refractivity contribution in [2.75, 3.05) is 16.2 Å². The maximum atomic E-state index is 12.9. The number of hydrogen-bond acceptors (Lipinski definition) is 3. The Bertz CT molecular complexity index is 1130. The van der Waals surface area contributed by atoms with Crippen molar-refractivity contribution < 1.29 is 13.2 Å². The molecule has 26 heavy (non-hydrogen) atoms. The number of benzene rings is 3. The molecule has 5 nitrogen and oxygen atoms in total. The number of amides is 1. The first kappa shape index (κ1) is 16.6. The average Bonchev–Trinajstić information content (AvgIpc) is 2.82. The fourth-order valence-corrected chi connectivity index (χ4v) is 5.12. The van der Waals surface area contributed by atoms with E-state index in [1.807, 2.05) is 44.2 Å². The molecule has 0 radical (unpaired) electrons. The number of anilines is 2. The minimum Gasteiger partial charge on any atom is -0.324 e. The quantitative estimate of drug-likeness (QED) is 0.770. The highest BCUT2D eigenvalue weighted by atomic mass is 32.2. The van der Waals surface area contributed by atoms with E-state index in [1.165, 1.54) is 4.31 Å². The van der Waals surface area contributed by atoms with Gasteiger partial charge in [-0.05, 0) is 42.5 Å². The first-order chi connectivity index (χ1) is 12.4. The summed E-state index contributed by atoms with van der Waals surface area (Å²) < 4.78 is 27.1. The lowest BCUT2D eigenvalue weighted by molar-refractivity contribution is -0.114. The number of para-hydroxylation sites is 1. The van der Waals surface area contributed by atoms with E-state index in [0.717, 1.165) is 22.2 Å². The van der Waals surface area contributed by atoms with Gasteiger partial charge in [-0.1, -0.05) is 42.5 Å².